The number of hydrogen-bond donors (Lipinski definition) is 1. The van der Waals surface area contributed by atoms with E-state index < -0.39 is 17.5 Å². The Hall–Kier alpha value is -2.52. The van der Waals surface area contributed by atoms with E-state index >= 15 is 0 Å². The van der Waals surface area contributed by atoms with Crippen LogP contribution in [0.5, 0.6) is 0 Å². The monoisotopic (exact) mass is 447 g/mol. The van der Waals surface area contributed by atoms with Gasteiger partial charge in [-0.1, -0.05) is 17.8 Å². The number of anilines is 1. The highest BCUT2D eigenvalue weighted by Crippen LogP contribution is 2.34. The number of amides is 1. The predicted octanol–water partition coefficient (Wildman–Crippen LogP) is 4.53. The molecule has 3 aromatic rings. The fourth-order valence-electron chi connectivity index (χ4n) is 3.57. The lowest BCUT2D eigenvalue weighted by molar-refractivity contribution is -0.113. The molecule has 0 atom stereocenters. The van der Waals surface area contributed by atoms with Gasteiger partial charge in [-0.25, -0.2) is 13.8 Å². The Balaban J connectivity index is 1.60. The summed E-state index contributed by atoms with van der Waals surface area (Å²) in [6.45, 7) is 4.00. The Labute approximate surface area is 179 Å². The molecule has 0 bridgehead atoms. The second-order valence-electron chi connectivity index (χ2n) is 6.98. The molecule has 0 saturated heterocycles. The number of thiophene rings is 1. The van der Waals surface area contributed by atoms with Gasteiger partial charge in [0.1, 0.15) is 16.5 Å². The highest BCUT2D eigenvalue weighted by molar-refractivity contribution is 7.99. The normalized spacial score (nSPS) is 13.3. The molecular weight excluding hydrogens is 428 g/mol. The van der Waals surface area contributed by atoms with Crippen LogP contribution >= 0.6 is 23.1 Å². The Bertz CT molecular complexity index is 1180. The topological polar surface area (TPSA) is 64.0 Å². The van der Waals surface area contributed by atoms with Gasteiger partial charge in [0.2, 0.25) is 5.91 Å². The highest BCUT2D eigenvalue weighted by atomic mass is 32.2. The summed E-state index contributed by atoms with van der Waals surface area (Å²) in [5.41, 5.74) is 1.03. The summed E-state index contributed by atoms with van der Waals surface area (Å²) in [7, 11) is 0. The van der Waals surface area contributed by atoms with Gasteiger partial charge in [-0.3, -0.25) is 14.2 Å². The van der Waals surface area contributed by atoms with Gasteiger partial charge >= 0.3 is 0 Å². The first-order chi connectivity index (χ1) is 14.5. The zero-order valence-corrected chi connectivity index (χ0v) is 17.7. The standard InChI is InChI=1S/C21H19F2N3O2S2/c1-2-7-26-20(28)18-15-5-3-4-6-16(15)30-19(18)25-21(26)29-11-17(27)24-14-9-12(22)8-13(23)10-14/h2,8-10H,1,3-7,11H2,(H,24,27). The molecule has 30 heavy (non-hydrogen) atoms. The number of nitrogens with zero attached hydrogens (tertiary/aromatic N) is 2. The Morgan fingerprint density at radius 2 is 2.00 bits per heavy atom. The smallest absolute Gasteiger partial charge is 0.263 e. The first-order valence-electron chi connectivity index (χ1n) is 9.51. The number of benzene rings is 1. The second kappa shape index (κ2) is 8.69. The van der Waals surface area contributed by atoms with Crippen molar-refractivity contribution in [3.63, 3.8) is 0 Å². The molecule has 2 heterocycles. The molecule has 4 rings (SSSR count). The van der Waals surface area contributed by atoms with E-state index in [9.17, 15) is 18.4 Å². The van der Waals surface area contributed by atoms with Gasteiger partial charge in [-0.15, -0.1) is 17.9 Å². The van der Waals surface area contributed by atoms with Crippen molar-refractivity contribution in [2.24, 2.45) is 0 Å². The van der Waals surface area contributed by atoms with E-state index in [1.165, 1.54) is 9.44 Å². The predicted molar refractivity (Wildman–Crippen MR) is 116 cm³/mol. The zero-order valence-electron chi connectivity index (χ0n) is 16.0. The van der Waals surface area contributed by atoms with Crippen molar-refractivity contribution in [2.45, 2.75) is 37.4 Å². The van der Waals surface area contributed by atoms with Crippen molar-refractivity contribution in [3.05, 3.63) is 63.3 Å². The van der Waals surface area contributed by atoms with Crippen LogP contribution in [0.3, 0.4) is 0 Å². The third-order valence-corrected chi connectivity index (χ3v) is 6.99. The molecule has 1 N–H and O–H groups in total. The molecule has 1 amide bonds. The van der Waals surface area contributed by atoms with Crippen LogP contribution in [0.2, 0.25) is 0 Å². The fraction of sp³-hybridized carbons (Fsp3) is 0.286. The summed E-state index contributed by atoms with van der Waals surface area (Å²) in [4.78, 5) is 32.0. The van der Waals surface area contributed by atoms with Crippen LogP contribution in [0, 0.1) is 11.6 Å². The highest BCUT2D eigenvalue weighted by Gasteiger charge is 2.22. The van der Waals surface area contributed by atoms with Gasteiger partial charge in [0, 0.05) is 23.2 Å². The number of carbonyl (C=O) groups is 1. The molecule has 156 valence electrons. The Kier molecular flexibility index (Phi) is 6.01. The minimum atomic E-state index is -0.772. The summed E-state index contributed by atoms with van der Waals surface area (Å²) < 4.78 is 28.1. The van der Waals surface area contributed by atoms with E-state index in [0.29, 0.717) is 15.4 Å². The number of nitrogens with one attached hydrogen (secondary N) is 1. The van der Waals surface area contributed by atoms with Crippen molar-refractivity contribution in [1.82, 2.24) is 9.55 Å². The molecule has 1 aliphatic rings. The lowest BCUT2D eigenvalue weighted by Gasteiger charge is -2.12. The number of carbonyl (C=O) groups excluding carboxylic acids is 1. The average molecular weight is 448 g/mol. The SMILES string of the molecule is C=CCn1c(SCC(=O)Nc2cc(F)cc(F)c2)nc2sc3c(c2c1=O)CCCC3. The molecule has 0 radical (unpaired) electrons. The lowest BCUT2D eigenvalue weighted by Crippen LogP contribution is -2.24. The van der Waals surface area contributed by atoms with Gasteiger partial charge in [0.05, 0.1) is 11.1 Å². The maximum Gasteiger partial charge on any atom is 0.263 e. The number of rotatable bonds is 6. The number of halogens is 2. The van der Waals surface area contributed by atoms with Gasteiger partial charge in [0.25, 0.3) is 5.56 Å². The molecule has 2 aromatic heterocycles. The number of allylic oxidation sites excluding steroid dienone is 1. The molecule has 1 aliphatic carbocycles. The number of aromatic nitrogens is 2. The number of thioether (sulfide) groups is 1. The molecule has 9 heteroatoms. The minimum Gasteiger partial charge on any atom is -0.325 e. The van der Waals surface area contributed by atoms with Gasteiger partial charge in [-0.2, -0.15) is 0 Å². The summed E-state index contributed by atoms with van der Waals surface area (Å²) in [6, 6.07) is 2.82. The van der Waals surface area contributed by atoms with Crippen molar-refractivity contribution < 1.29 is 13.6 Å². The lowest BCUT2D eigenvalue weighted by atomic mass is 9.97. The molecular formula is C21H19F2N3O2S2. The molecule has 1 aromatic carbocycles. The molecule has 0 aliphatic heterocycles. The van der Waals surface area contributed by atoms with E-state index in [1.807, 2.05) is 0 Å². The van der Waals surface area contributed by atoms with Crippen LogP contribution in [0.4, 0.5) is 14.5 Å². The van der Waals surface area contributed by atoms with Crippen LogP contribution in [-0.2, 0) is 24.2 Å². The maximum absolute atomic E-state index is 13.3. The van der Waals surface area contributed by atoms with Crippen molar-refractivity contribution in [2.75, 3.05) is 11.1 Å². The average Bonchev–Trinajstić information content (AvgIpc) is 3.06. The largest absolute Gasteiger partial charge is 0.325 e. The van der Waals surface area contributed by atoms with E-state index in [4.69, 9.17) is 0 Å². The second-order valence-corrected chi connectivity index (χ2v) is 9.01. The van der Waals surface area contributed by atoms with E-state index in [1.54, 1.807) is 17.4 Å². The van der Waals surface area contributed by atoms with E-state index in [2.05, 4.69) is 16.9 Å². The number of fused-ring (bicyclic) bond motifs is 3. The summed E-state index contributed by atoms with van der Waals surface area (Å²) >= 11 is 2.66. The quantitative estimate of drug-likeness (QED) is 0.343. The third-order valence-electron chi connectivity index (χ3n) is 4.83. The van der Waals surface area contributed by atoms with Crippen molar-refractivity contribution in [3.8, 4) is 0 Å². The first-order valence-corrected chi connectivity index (χ1v) is 11.3. The first kappa shape index (κ1) is 20.7. The summed E-state index contributed by atoms with van der Waals surface area (Å²) in [5.74, 6) is -2.05. The molecule has 0 spiro atoms. The number of aryl methyl sites for hydroxylation is 2. The van der Waals surface area contributed by atoms with Crippen LogP contribution in [-0.4, -0.2) is 21.2 Å². The van der Waals surface area contributed by atoms with Crippen LogP contribution < -0.4 is 10.9 Å². The minimum absolute atomic E-state index is 0.0379. The zero-order chi connectivity index (χ0) is 21.3. The summed E-state index contributed by atoms with van der Waals surface area (Å²) in [5, 5.41) is 3.57. The molecule has 0 fully saturated rings. The van der Waals surface area contributed by atoms with Gasteiger partial charge in [-0.05, 0) is 43.4 Å². The molecule has 0 saturated carbocycles. The third kappa shape index (κ3) is 4.17. The van der Waals surface area contributed by atoms with Crippen LogP contribution in [0.25, 0.3) is 10.2 Å². The fourth-order valence-corrected chi connectivity index (χ4v) is 5.68. The molecule has 0 unspecified atom stereocenters. The van der Waals surface area contributed by atoms with Gasteiger partial charge < -0.3 is 5.32 Å². The molecule has 5 nitrogen and oxygen atoms in total. The maximum atomic E-state index is 13.3. The van der Waals surface area contributed by atoms with Crippen molar-refractivity contribution >= 4 is 44.9 Å². The van der Waals surface area contributed by atoms with E-state index in [0.717, 1.165) is 61.2 Å². The van der Waals surface area contributed by atoms with Crippen molar-refractivity contribution in [1.29, 1.82) is 0 Å². The van der Waals surface area contributed by atoms with Gasteiger partial charge in [0.15, 0.2) is 5.16 Å². The van der Waals surface area contributed by atoms with Crippen LogP contribution in [0.15, 0.2) is 40.8 Å². The number of hydrogen-bond acceptors (Lipinski definition) is 5. The Morgan fingerprint density at radius 3 is 2.73 bits per heavy atom. The Morgan fingerprint density at radius 1 is 1.27 bits per heavy atom. The van der Waals surface area contributed by atoms with E-state index in [-0.39, 0.29) is 23.5 Å². The summed E-state index contributed by atoms with van der Waals surface area (Å²) in [6.07, 6.45) is 5.65. The van der Waals surface area contributed by atoms with Crippen LogP contribution in [0.1, 0.15) is 23.3 Å².